The molecule has 2 aromatic carbocycles. The molecule has 2 N–H and O–H groups in total. The number of anilines is 1. The number of rotatable bonds is 5. The first kappa shape index (κ1) is 14.2. The van der Waals surface area contributed by atoms with Gasteiger partial charge in [-0.2, -0.15) is 0 Å². The first-order valence-electron chi connectivity index (χ1n) is 5.99. The minimum Gasteiger partial charge on any atom is -0.497 e. The van der Waals surface area contributed by atoms with Crippen LogP contribution < -0.4 is 10.1 Å². The Bertz CT molecular complexity index is 616. The van der Waals surface area contributed by atoms with E-state index in [0.717, 1.165) is 0 Å². The summed E-state index contributed by atoms with van der Waals surface area (Å²) in [5.74, 6) is -0.361. The number of methoxy groups -OCH3 is 1. The lowest BCUT2D eigenvalue weighted by atomic mass is 10.1. The third-order valence-corrected chi connectivity index (χ3v) is 3.04. The van der Waals surface area contributed by atoms with Gasteiger partial charge in [0.05, 0.1) is 7.11 Å². The SMILES string of the molecule is COc1cccc(C(Nc2cccc(Cl)c2)C(=O)O)c1. The highest BCUT2D eigenvalue weighted by atomic mass is 35.5. The summed E-state index contributed by atoms with van der Waals surface area (Å²) in [6, 6.07) is 13.0. The van der Waals surface area contributed by atoms with Gasteiger partial charge in [-0.1, -0.05) is 29.8 Å². The summed E-state index contributed by atoms with van der Waals surface area (Å²) in [6.07, 6.45) is 0. The van der Waals surface area contributed by atoms with Crippen LogP contribution in [0.5, 0.6) is 5.75 Å². The second-order valence-electron chi connectivity index (χ2n) is 4.20. The molecule has 0 aliphatic carbocycles. The molecule has 1 unspecified atom stereocenters. The molecule has 0 saturated carbocycles. The maximum atomic E-state index is 11.5. The molecule has 0 radical (unpaired) electrons. The number of carboxylic acids is 1. The standard InChI is InChI=1S/C15H14ClNO3/c1-20-13-7-2-4-10(8-13)14(15(18)19)17-12-6-3-5-11(16)9-12/h2-9,14,17H,1H3,(H,18,19). The molecule has 0 bridgehead atoms. The predicted molar refractivity (Wildman–Crippen MR) is 78.4 cm³/mol. The van der Waals surface area contributed by atoms with Crippen molar-refractivity contribution in [1.82, 2.24) is 0 Å². The van der Waals surface area contributed by atoms with Crippen molar-refractivity contribution >= 4 is 23.3 Å². The Morgan fingerprint density at radius 2 is 2.00 bits per heavy atom. The fourth-order valence-corrected chi connectivity index (χ4v) is 2.04. The summed E-state index contributed by atoms with van der Waals surface area (Å²) in [7, 11) is 1.54. The molecule has 5 heteroatoms. The van der Waals surface area contributed by atoms with E-state index < -0.39 is 12.0 Å². The van der Waals surface area contributed by atoms with Gasteiger partial charge in [0.2, 0.25) is 0 Å². The number of hydrogen-bond donors (Lipinski definition) is 2. The summed E-state index contributed by atoms with van der Waals surface area (Å²) in [4.78, 5) is 11.5. The van der Waals surface area contributed by atoms with Gasteiger partial charge >= 0.3 is 5.97 Å². The summed E-state index contributed by atoms with van der Waals surface area (Å²) in [6.45, 7) is 0. The van der Waals surface area contributed by atoms with Crippen molar-refractivity contribution in [3.8, 4) is 5.75 Å². The zero-order valence-electron chi connectivity index (χ0n) is 10.8. The van der Waals surface area contributed by atoms with E-state index in [0.29, 0.717) is 22.0 Å². The van der Waals surface area contributed by atoms with Gasteiger partial charge in [0.1, 0.15) is 5.75 Å². The molecule has 20 heavy (non-hydrogen) atoms. The highest BCUT2D eigenvalue weighted by molar-refractivity contribution is 6.30. The van der Waals surface area contributed by atoms with Crippen molar-refractivity contribution < 1.29 is 14.6 Å². The molecule has 1 atom stereocenters. The van der Waals surface area contributed by atoms with Crippen LogP contribution in [0, 0.1) is 0 Å². The van der Waals surface area contributed by atoms with Gasteiger partial charge in [-0.3, -0.25) is 0 Å². The van der Waals surface area contributed by atoms with E-state index in [1.54, 1.807) is 55.6 Å². The number of nitrogens with one attached hydrogen (secondary N) is 1. The molecule has 0 saturated heterocycles. The fourth-order valence-electron chi connectivity index (χ4n) is 1.85. The van der Waals surface area contributed by atoms with Crippen LogP contribution in [0.15, 0.2) is 48.5 Å². The van der Waals surface area contributed by atoms with Crippen LogP contribution in [0.2, 0.25) is 5.02 Å². The van der Waals surface area contributed by atoms with Gasteiger partial charge in [-0.15, -0.1) is 0 Å². The molecule has 0 aromatic heterocycles. The van der Waals surface area contributed by atoms with Crippen LogP contribution in [0.25, 0.3) is 0 Å². The van der Waals surface area contributed by atoms with Crippen LogP contribution in [0.3, 0.4) is 0 Å². The molecule has 0 heterocycles. The van der Waals surface area contributed by atoms with Crippen molar-refractivity contribution in [3.63, 3.8) is 0 Å². The summed E-state index contributed by atoms with van der Waals surface area (Å²) < 4.78 is 5.11. The van der Waals surface area contributed by atoms with E-state index in [2.05, 4.69) is 5.32 Å². The number of ether oxygens (including phenoxy) is 1. The van der Waals surface area contributed by atoms with Gasteiger partial charge in [-0.05, 0) is 35.9 Å². The maximum Gasteiger partial charge on any atom is 0.330 e. The highest BCUT2D eigenvalue weighted by Crippen LogP contribution is 2.24. The Balaban J connectivity index is 2.29. The Labute approximate surface area is 122 Å². The second kappa shape index (κ2) is 6.30. The van der Waals surface area contributed by atoms with Gasteiger partial charge in [0, 0.05) is 10.7 Å². The molecule has 4 nitrogen and oxygen atoms in total. The average Bonchev–Trinajstić information content (AvgIpc) is 2.44. The first-order chi connectivity index (χ1) is 9.60. The topological polar surface area (TPSA) is 58.6 Å². The Morgan fingerprint density at radius 3 is 2.65 bits per heavy atom. The summed E-state index contributed by atoms with van der Waals surface area (Å²) in [5.41, 5.74) is 1.25. The molecular weight excluding hydrogens is 278 g/mol. The molecule has 0 aliphatic rings. The monoisotopic (exact) mass is 291 g/mol. The minimum atomic E-state index is -0.974. The van der Waals surface area contributed by atoms with E-state index >= 15 is 0 Å². The molecule has 2 aromatic rings. The molecule has 0 amide bonds. The Morgan fingerprint density at radius 1 is 1.25 bits per heavy atom. The third kappa shape index (κ3) is 3.42. The van der Waals surface area contributed by atoms with Crippen LogP contribution in [-0.4, -0.2) is 18.2 Å². The molecule has 0 spiro atoms. The van der Waals surface area contributed by atoms with Crippen molar-refractivity contribution in [3.05, 3.63) is 59.1 Å². The number of benzene rings is 2. The van der Waals surface area contributed by atoms with Crippen molar-refractivity contribution in [2.75, 3.05) is 12.4 Å². The number of hydrogen-bond acceptors (Lipinski definition) is 3. The van der Waals surface area contributed by atoms with Gasteiger partial charge in [-0.25, -0.2) is 4.79 Å². The molecular formula is C15H14ClNO3. The number of aliphatic carboxylic acids is 1. The number of carboxylic acid groups (broad SMARTS) is 1. The fraction of sp³-hybridized carbons (Fsp3) is 0.133. The van der Waals surface area contributed by atoms with Crippen LogP contribution >= 0.6 is 11.6 Å². The van der Waals surface area contributed by atoms with Crippen molar-refractivity contribution in [2.45, 2.75) is 6.04 Å². The lowest BCUT2D eigenvalue weighted by Gasteiger charge is -2.17. The molecule has 0 aliphatic heterocycles. The van der Waals surface area contributed by atoms with E-state index in [1.165, 1.54) is 0 Å². The smallest absolute Gasteiger partial charge is 0.330 e. The summed E-state index contributed by atoms with van der Waals surface area (Å²) >= 11 is 5.89. The molecule has 0 fully saturated rings. The largest absolute Gasteiger partial charge is 0.497 e. The second-order valence-corrected chi connectivity index (χ2v) is 4.64. The average molecular weight is 292 g/mol. The number of halogens is 1. The van der Waals surface area contributed by atoms with Gasteiger partial charge in [0.25, 0.3) is 0 Å². The first-order valence-corrected chi connectivity index (χ1v) is 6.37. The van der Waals surface area contributed by atoms with E-state index in [-0.39, 0.29) is 0 Å². The Kier molecular flexibility index (Phi) is 4.48. The lowest BCUT2D eigenvalue weighted by Crippen LogP contribution is -2.20. The highest BCUT2D eigenvalue weighted by Gasteiger charge is 2.20. The van der Waals surface area contributed by atoms with Crippen LogP contribution in [-0.2, 0) is 4.79 Å². The Hall–Kier alpha value is -2.20. The maximum absolute atomic E-state index is 11.5. The molecule has 2 rings (SSSR count). The van der Waals surface area contributed by atoms with E-state index in [9.17, 15) is 9.90 Å². The van der Waals surface area contributed by atoms with E-state index in [4.69, 9.17) is 16.3 Å². The zero-order valence-corrected chi connectivity index (χ0v) is 11.6. The predicted octanol–water partition coefficient (Wildman–Crippen LogP) is 3.59. The van der Waals surface area contributed by atoms with Crippen LogP contribution in [0.4, 0.5) is 5.69 Å². The van der Waals surface area contributed by atoms with Gasteiger partial charge in [0.15, 0.2) is 6.04 Å². The quantitative estimate of drug-likeness (QED) is 0.884. The minimum absolute atomic E-state index is 0.546. The van der Waals surface area contributed by atoms with Crippen molar-refractivity contribution in [2.24, 2.45) is 0 Å². The van der Waals surface area contributed by atoms with Crippen molar-refractivity contribution in [1.29, 1.82) is 0 Å². The third-order valence-electron chi connectivity index (χ3n) is 2.81. The van der Waals surface area contributed by atoms with E-state index in [1.807, 2.05) is 0 Å². The number of carbonyl (C=O) groups is 1. The van der Waals surface area contributed by atoms with Crippen LogP contribution in [0.1, 0.15) is 11.6 Å². The van der Waals surface area contributed by atoms with Gasteiger partial charge < -0.3 is 15.2 Å². The normalized spacial score (nSPS) is 11.7. The lowest BCUT2D eigenvalue weighted by molar-refractivity contribution is -0.138. The molecule has 104 valence electrons. The zero-order chi connectivity index (χ0) is 14.5. The summed E-state index contributed by atoms with van der Waals surface area (Å²) in [5, 5.41) is 12.9.